The summed E-state index contributed by atoms with van der Waals surface area (Å²) < 4.78 is 0.856. The first kappa shape index (κ1) is 18.1. The fourth-order valence-electron chi connectivity index (χ4n) is 1.73. The fourth-order valence-corrected chi connectivity index (χ4v) is 2.22. The monoisotopic (exact) mass is 428 g/mol. The molecule has 2 nitrogen and oxygen atoms in total. The first-order valence-corrected chi connectivity index (χ1v) is 8.80. The first-order chi connectivity index (χ1) is 10.2. The Hall–Kier alpha value is -0.910. The summed E-state index contributed by atoms with van der Waals surface area (Å²) in [4.78, 5) is 2.50. The molecule has 0 unspecified atom stereocenters. The van der Waals surface area contributed by atoms with Crippen LogP contribution in [0.5, 0.6) is 0 Å². The van der Waals surface area contributed by atoms with Crippen molar-refractivity contribution in [2.75, 3.05) is 11.9 Å². The predicted octanol–water partition coefficient (Wildman–Crippen LogP) is 5.78. The molecule has 0 atom stereocenters. The molecular formula is C16H18Br2N2S. The van der Waals surface area contributed by atoms with Gasteiger partial charge in [-0.15, -0.1) is 0 Å². The third-order valence-electron chi connectivity index (χ3n) is 2.58. The molecule has 0 aliphatic carbocycles. The summed E-state index contributed by atoms with van der Waals surface area (Å²) in [6.07, 6.45) is 0. The van der Waals surface area contributed by atoms with Crippen molar-refractivity contribution in [2.24, 2.45) is 0 Å². The van der Waals surface area contributed by atoms with Crippen LogP contribution in [0.15, 0.2) is 52.1 Å². The minimum atomic E-state index is 0.571. The maximum Gasteiger partial charge on any atom is 0.0991 e. The Bertz CT molecular complexity index is 621. The molecule has 0 saturated heterocycles. The molecule has 0 aromatic heterocycles. The van der Waals surface area contributed by atoms with Crippen LogP contribution >= 0.6 is 44.1 Å². The van der Waals surface area contributed by atoms with E-state index in [4.69, 9.17) is 12.2 Å². The quantitative estimate of drug-likeness (QED) is 0.475. The van der Waals surface area contributed by atoms with Gasteiger partial charge in [0.1, 0.15) is 0 Å². The molecule has 0 aliphatic rings. The van der Waals surface area contributed by atoms with Gasteiger partial charge in [-0.25, -0.2) is 0 Å². The molecule has 0 radical (unpaired) electrons. The van der Waals surface area contributed by atoms with Crippen molar-refractivity contribution < 1.29 is 0 Å². The molecule has 2 N–H and O–H groups in total. The van der Waals surface area contributed by atoms with Gasteiger partial charge < -0.3 is 10.6 Å². The van der Waals surface area contributed by atoms with Crippen LogP contribution in [-0.2, 0) is 0 Å². The topological polar surface area (TPSA) is 24.1 Å². The number of rotatable bonds is 4. The molecule has 0 saturated carbocycles. The molecule has 0 aliphatic heterocycles. The van der Waals surface area contributed by atoms with Crippen LogP contribution in [0, 0.1) is 0 Å². The molecule has 112 valence electrons. The second kappa shape index (κ2) is 9.92. The van der Waals surface area contributed by atoms with Gasteiger partial charge in [0.15, 0.2) is 0 Å². The van der Waals surface area contributed by atoms with E-state index >= 15 is 0 Å². The minimum absolute atomic E-state index is 0.571. The SMILES string of the molecule is CC.S=C(CN/C(Br)=C/Br)Nc1cccc2ccccc12. The lowest BCUT2D eigenvalue weighted by Crippen LogP contribution is -2.24. The smallest absolute Gasteiger partial charge is 0.0991 e. The van der Waals surface area contributed by atoms with Crippen LogP contribution in [0.2, 0.25) is 0 Å². The van der Waals surface area contributed by atoms with Crippen molar-refractivity contribution in [3.05, 3.63) is 52.1 Å². The third kappa shape index (κ3) is 5.77. The third-order valence-corrected chi connectivity index (χ3v) is 4.41. The van der Waals surface area contributed by atoms with Crippen molar-refractivity contribution in [1.82, 2.24) is 5.32 Å². The number of anilines is 1. The Kier molecular flexibility index (Phi) is 8.57. The molecule has 2 rings (SSSR count). The van der Waals surface area contributed by atoms with E-state index in [1.54, 1.807) is 4.99 Å². The van der Waals surface area contributed by atoms with E-state index in [2.05, 4.69) is 60.7 Å². The zero-order valence-electron chi connectivity index (χ0n) is 12.0. The van der Waals surface area contributed by atoms with E-state index in [1.165, 1.54) is 10.8 Å². The number of benzene rings is 2. The molecule has 0 amide bonds. The van der Waals surface area contributed by atoms with E-state index in [0.29, 0.717) is 6.54 Å². The van der Waals surface area contributed by atoms with Crippen LogP contribution in [0.4, 0.5) is 5.69 Å². The molecule has 2 aromatic rings. The Labute approximate surface area is 148 Å². The van der Waals surface area contributed by atoms with Gasteiger partial charge in [-0.05, 0) is 27.4 Å². The molecule has 0 fully saturated rings. The highest BCUT2D eigenvalue weighted by atomic mass is 79.9. The van der Waals surface area contributed by atoms with Crippen LogP contribution in [0.1, 0.15) is 13.8 Å². The zero-order chi connectivity index (χ0) is 15.7. The number of nitrogens with one attached hydrogen (secondary N) is 2. The number of halogens is 2. The van der Waals surface area contributed by atoms with Gasteiger partial charge in [-0.3, -0.25) is 0 Å². The van der Waals surface area contributed by atoms with Crippen LogP contribution in [0.3, 0.4) is 0 Å². The standard InChI is InChI=1S/C14H12Br2N2S.C2H6/c15-8-13(16)17-9-14(19)18-12-7-3-5-10-4-1-2-6-11(10)12;1-2/h1-8,17H,9H2,(H,18,19);1-2H3/b13-8+;. The van der Waals surface area contributed by atoms with Gasteiger partial charge in [0.2, 0.25) is 0 Å². The minimum Gasteiger partial charge on any atom is -0.373 e. The maximum atomic E-state index is 5.33. The summed E-state index contributed by atoms with van der Waals surface area (Å²) >= 11 is 11.9. The van der Waals surface area contributed by atoms with Gasteiger partial charge in [0, 0.05) is 16.1 Å². The first-order valence-electron chi connectivity index (χ1n) is 6.68. The summed E-state index contributed by atoms with van der Waals surface area (Å²) in [6, 6.07) is 14.4. The van der Waals surface area contributed by atoms with Gasteiger partial charge in [0.05, 0.1) is 16.1 Å². The molecule has 5 heteroatoms. The van der Waals surface area contributed by atoms with Crippen molar-refractivity contribution in [2.45, 2.75) is 13.8 Å². The van der Waals surface area contributed by atoms with Crippen molar-refractivity contribution in [3.63, 3.8) is 0 Å². The molecule has 0 heterocycles. The average Bonchev–Trinajstić information content (AvgIpc) is 2.55. The highest BCUT2D eigenvalue weighted by Gasteiger charge is 2.02. The number of hydrogen-bond acceptors (Lipinski definition) is 2. The fraction of sp³-hybridized carbons (Fsp3) is 0.188. The second-order valence-electron chi connectivity index (χ2n) is 3.89. The maximum absolute atomic E-state index is 5.33. The van der Waals surface area contributed by atoms with Crippen LogP contribution in [0.25, 0.3) is 10.8 Å². The van der Waals surface area contributed by atoms with Crippen molar-refractivity contribution in [1.29, 1.82) is 0 Å². The normalized spacial score (nSPS) is 10.6. The Morgan fingerprint density at radius 2 is 1.81 bits per heavy atom. The number of thiocarbonyl (C=S) groups is 1. The highest BCUT2D eigenvalue weighted by molar-refractivity contribution is 9.14. The van der Waals surface area contributed by atoms with Crippen molar-refractivity contribution in [3.8, 4) is 0 Å². The van der Waals surface area contributed by atoms with E-state index in [0.717, 1.165) is 15.3 Å². The van der Waals surface area contributed by atoms with Gasteiger partial charge in [-0.1, -0.05) is 78.4 Å². The van der Waals surface area contributed by atoms with Crippen molar-refractivity contribution >= 4 is 65.5 Å². The molecule has 0 spiro atoms. The lowest BCUT2D eigenvalue weighted by molar-refractivity contribution is 1.01. The Morgan fingerprint density at radius 3 is 2.52 bits per heavy atom. The lowest BCUT2D eigenvalue weighted by Gasteiger charge is -2.11. The number of fused-ring (bicyclic) bond motifs is 1. The summed E-state index contributed by atoms with van der Waals surface area (Å²) in [5, 5.41) is 8.77. The lowest BCUT2D eigenvalue weighted by atomic mass is 10.1. The van der Waals surface area contributed by atoms with E-state index in [-0.39, 0.29) is 0 Å². The number of hydrogen-bond donors (Lipinski definition) is 2. The van der Waals surface area contributed by atoms with Crippen LogP contribution < -0.4 is 10.6 Å². The highest BCUT2D eigenvalue weighted by Crippen LogP contribution is 2.22. The van der Waals surface area contributed by atoms with E-state index in [1.807, 2.05) is 38.1 Å². The zero-order valence-corrected chi connectivity index (χ0v) is 16.0. The average molecular weight is 430 g/mol. The summed E-state index contributed by atoms with van der Waals surface area (Å²) in [6.45, 7) is 4.57. The largest absolute Gasteiger partial charge is 0.373 e. The second-order valence-corrected chi connectivity index (χ2v) is 5.69. The van der Waals surface area contributed by atoms with Gasteiger partial charge >= 0.3 is 0 Å². The Morgan fingerprint density at radius 1 is 1.14 bits per heavy atom. The summed E-state index contributed by atoms with van der Waals surface area (Å²) in [5.41, 5.74) is 1.03. The van der Waals surface area contributed by atoms with Gasteiger partial charge in [0.25, 0.3) is 0 Å². The molecule has 0 bridgehead atoms. The summed E-state index contributed by atoms with van der Waals surface area (Å²) in [7, 11) is 0. The van der Waals surface area contributed by atoms with E-state index < -0.39 is 0 Å². The predicted molar refractivity (Wildman–Crippen MR) is 105 cm³/mol. The van der Waals surface area contributed by atoms with E-state index in [9.17, 15) is 0 Å². The Balaban J connectivity index is 0.00000106. The van der Waals surface area contributed by atoms with Gasteiger partial charge in [-0.2, -0.15) is 0 Å². The molecular weight excluding hydrogens is 412 g/mol. The molecule has 21 heavy (non-hydrogen) atoms. The molecule has 2 aromatic carbocycles. The van der Waals surface area contributed by atoms with Crippen LogP contribution in [-0.4, -0.2) is 11.5 Å². The summed E-state index contributed by atoms with van der Waals surface area (Å²) in [5.74, 6) is 0.